The lowest BCUT2D eigenvalue weighted by Gasteiger charge is -2.20. The molecule has 1 aromatic rings. The van der Waals surface area contributed by atoms with Gasteiger partial charge in [-0.1, -0.05) is 18.2 Å². The van der Waals surface area contributed by atoms with Gasteiger partial charge in [-0.15, -0.1) is 0 Å². The molecule has 1 heterocycles. The van der Waals surface area contributed by atoms with Crippen molar-refractivity contribution in [2.24, 2.45) is 0 Å². The molecule has 4 nitrogen and oxygen atoms in total. The van der Waals surface area contributed by atoms with E-state index in [9.17, 15) is 13.5 Å². The zero-order chi connectivity index (χ0) is 11.6. The van der Waals surface area contributed by atoms with E-state index in [1.807, 2.05) is 0 Å². The molecule has 0 bridgehead atoms. The molecule has 1 saturated heterocycles. The average Bonchev–Trinajstić information content (AvgIpc) is 2.65. The fraction of sp³-hybridized carbons (Fsp3) is 0.455. The Bertz CT molecular complexity index is 449. The molecule has 1 fully saturated rings. The van der Waals surface area contributed by atoms with Crippen molar-refractivity contribution in [1.82, 2.24) is 5.32 Å². The maximum Gasteiger partial charge on any atom is 0.181 e. The van der Waals surface area contributed by atoms with E-state index < -0.39 is 15.4 Å². The minimum absolute atomic E-state index is 0.211. The van der Waals surface area contributed by atoms with E-state index in [-0.39, 0.29) is 10.6 Å². The Morgan fingerprint density at radius 3 is 2.56 bits per heavy atom. The van der Waals surface area contributed by atoms with Gasteiger partial charge in [0.2, 0.25) is 0 Å². The first-order valence-corrected chi connectivity index (χ1v) is 6.88. The molecule has 0 amide bonds. The van der Waals surface area contributed by atoms with Gasteiger partial charge in [-0.25, -0.2) is 8.42 Å². The summed E-state index contributed by atoms with van der Waals surface area (Å²) >= 11 is 0. The summed E-state index contributed by atoms with van der Waals surface area (Å²) in [5.74, 6) is -0.211. The number of aliphatic hydroxyl groups is 1. The summed E-state index contributed by atoms with van der Waals surface area (Å²) in [4.78, 5) is 0.273. The van der Waals surface area contributed by atoms with Crippen molar-refractivity contribution < 1.29 is 13.5 Å². The molecule has 1 atom stereocenters. The summed E-state index contributed by atoms with van der Waals surface area (Å²) in [7, 11) is -3.39. The highest BCUT2D eigenvalue weighted by Crippen LogP contribution is 2.21. The zero-order valence-electron chi connectivity index (χ0n) is 8.89. The largest absolute Gasteiger partial charge is 0.387 e. The molecule has 88 valence electrons. The number of benzene rings is 1. The molecule has 0 aromatic heterocycles. The lowest BCUT2D eigenvalue weighted by molar-refractivity contribution is 0.0852. The SMILES string of the molecule is O=S(=O)(CC1(O)CCNC1)c1ccccc1. The maximum absolute atomic E-state index is 12.0. The van der Waals surface area contributed by atoms with Crippen LogP contribution in [0.4, 0.5) is 0 Å². The Hall–Kier alpha value is -0.910. The molecule has 16 heavy (non-hydrogen) atoms. The molecule has 1 aliphatic rings. The second-order valence-electron chi connectivity index (χ2n) is 4.22. The van der Waals surface area contributed by atoms with Crippen LogP contribution in [0, 0.1) is 0 Å². The van der Waals surface area contributed by atoms with Crippen LogP contribution in [0.2, 0.25) is 0 Å². The summed E-state index contributed by atoms with van der Waals surface area (Å²) in [6, 6.07) is 8.25. The van der Waals surface area contributed by atoms with Gasteiger partial charge in [0.05, 0.1) is 16.2 Å². The Balaban J connectivity index is 2.21. The minimum atomic E-state index is -3.39. The Morgan fingerprint density at radius 1 is 1.31 bits per heavy atom. The van der Waals surface area contributed by atoms with Crippen molar-refractivity contribution in [2.75, 3.05) is 18.8 Å². The van der Waals surface area contributed by atoms with Gasteiger partial charge in [-0.3, -0.25) is 0 Å². The first-order valence-electron chi connectivity index (χ1n) is 5.23. The van der Waals surface area contributed by atoms with E-state index in [1.165, 1.54) is 0 Å². The van der Waals surface area contributed by atoms with Crippen LogP contribution in [0.3, 0.4) is 0 Å². The summed E-state index contributed by atoms with van der Waals surface area (Å²) in [5.41, 5.74) is -1.12. The van der Waals surface area contributed by atoms with Crippen LogP contribution >= 0.6 is 0 Å². The molecule has 0 spiro atoms. The number of sulfone groups is 1. The molecule has 0 saturated carbocycles. The minimum Gasteiger partial charge on any atom is -0.387 e. The lowest BCUT2D eigenvalue weighted by atomic mass is 10.1. The molecule has 2 rings (SSSR count). The summed E-state index contributed by atoms with van der Waals surface area (Å²) in [5, 5.41) is 13.0. The molecular weight excluding hydrogens is 226 g/mol. The smallest absolute Gasteiger partial charge is 0.181 e. The Labute approximate surface area is 95.2 Å². The van der Waals surface area contributed by atoms with Crippen LogP contribution < -0.4 is 5.32 Å². The van der Waals surface area contributed by atoms with Crippen LogP contribution in [-0.4, -0.2) is 38.0 Å². The molecule has 5 heteroatoms. The van der Waals surface area contributed by atoms with Crippen molar-refractivity contribution in [2.45, 2.75) is 16.9 Å². The van der Waals surface area contributed by atoms with E-state index in [2.05, 4.69) is 5.32 Å². The van der Waals surface area contributed by atoms with E-state index in [0.717, 1.165) is 0 Å². The number of hydrogen-bond donors (Lipinski definition) is 2. The number of hydrogen-bond acceptors (Lipinski definition) is 4. The molecule has 0 radical (unpaired) electrons. The Morgan fingerprint density at radius 2 is 2.00 bits per heavy atom. The van der Waals surface area contributed by atoms with E-state index in [0.29, 0.717) is 19.5 Å². The van der Waals surface area contributed by atoms with Crippen LogP contribution in [0.25, 0.3) is 0 Å². The highest BCUT2D eigenvalue weighted by Gasteiger charge is 2.36. The zero-order valence-corrected chi connectivity index (χ0v) is 9.70. The van der Waals surface area contributed by atoms with Gasteiger partial charge < -0.3 is 10.4 Å². The topological polar surface area (TPSA) is 66.4 Å². The van der Waals surface area contributed by atoms with Crippen molar-refractivity contribution in [3.8, 4) is 0 Å². The van der Waals surface area contributed by atoms with Crippen molar-refractivity contribution in [3.63, 3.8) is 0 Å². The van der Waals surface area contributed by atoms with Crippen LogP contribution in [-0.2, 0) is 9.84 Å². The maximum atomic E-state index is 12.0. The van der Waals surface area contributed by atoms with Crippen molar-refractivity contribution >= 4 is 9.84 Å². The average molecular weight is 241 g/mol. The second kappa shape index (κ2) is 4.16. The van der Waals surface area contributed by atoms with Gasteiger partial charge in [0, 0.05) is 6.54 Å². The van der Waals surface area contributed by atoms with Crippen LogP contribution in [0.15, 0.2) is 35.2 Å². The third-order valence-electron chi connectivity index (χ3n) is 2.78. The predicted molar refractivity (Wildman–Crippen MR) is 60.9 cm³/mol. The number of rotatable bonds is 3. The van der Waals surface area contributed by atoms with Gasteiger partial charge >= 0.3 is 0 Å². The number of nitrogens with one attached hydrogen (secondary N) is 1. The highest BCUT2D eigenvalue weighted by molar-refractivity contribution is 7.91. The van der Waals surface area contributed by atoms with E-state index in [4.69, 9.17) is 0 Å². The summed E-state index contributed by atoms with van der Waals surface area (Å²) in [6.07, 6.45) is 0.485. The molecule has 1 unspecified atom stereocenters. The third-order valence-corrected chi connectivity index (χ3v) is 4.69. The summed E-state index contributed by atoms with van der Waals surface area (Å²) < 4.78 is 24.0. The fourth-order valence-corrected chi connectivity index (χ4v) is 3.61. The third kappa shape index (κ3) is 2.42. The molecule has 0 aliphatic carbocycles. The van der Waals surface area contributed by atoms with Gasteiger partial charge in [-0.05, 0) is 25.1 Å². The van der Waals surface area contributed by atoms with Gasteiger partial charge in [0.1, 0.15) is 0 Å². The standard InChI is InChI=1S/C11H15NO3S/c13-11(6-7-12-8-11)9-16(14,15)10-4-2-1-3-5-10/h1-5,12-13H,6-9H2. The first-order chi connectivity index (χ1) is 7.52. The predicted octanol–water partition coefficient (Wildman–Crippen LogP) is 0.185. The fourth-order valence-electron chi connectivity index (χ4n) is 1.92. The molecule has 1 aliphatic heterocycles. The Kier molecular flexibility index (Phi) is 3.01. The van der Waals surface area contributed by atoms with Crippen molar-refractivity contribution in [1.29, 1.82) is 0 Å². The van der Waals surface area contributed by atoms with Gasteiger partial charge in [0.15, 0.2) is 9.84 Å². The monoisotopic (exact) mass is 241 g/mol. The van der Waals surface area contributed by atoms with Gasteiger partial charge in [0.25, 0.3) is 0 Å². The van der Waals surface area contributed by atoms with Crippen LogP contribution in [0.1, 0.15) is 6.42 Å². The first kappa shape index (κ1) is 11.6. The van der Waals surface area contributed by atoms with E-state index >= 15 is 0 Å². The normalized spacial score (nSPS) is 25.8. The molecule has 2 N–H and O–H groups in total. The second-order valence-corrected chi connectivity index (χ2v) is 6.21. The van der Waals surface area contributed by atoms with Gasteiger partial charge in [-0.2, -0.15) is 0 Å². The van der Waals surface area contributed by atoms with Crippen molar-refractivity contribution in [3.05, 3.63) is 30.3 Å². The molecule has 1 aromatic carbocycles. The summed E-state index contributed by atoms with van der Waals surface area (Å²) in [6.45, 7) is 1.01. The molecular formula is C11H15NO3S. The highest BCUT2D eigenvalue weighted by atomic mass is 32.2. The number of β-amino-alcohol motifs (C(OH)–C–C–N with tert-alkyl or cyclic N) is 1. The van der Waals surface area contributed by atoms with E-state index in [1.54, 1.807) is 30.3 Å². The van der Waals surface area contributed by atoms with Crippen LogP contribution in [0.5, 0.6) is 0 Å². The quantitative estimate of drug-likeness (QED) is 0.792. The lowest BCUT2D eigenvalue weighted by Crippen LogP contribution is -2.39.